The first-order chi connectivity index (χ1) is 11.4. The minimum atomic E-state index is -0.604. The lowest BCUT2D eigenvalue weighted by Crippen LogP contribution is -2.49. The Kier molecular flexibility index (Phi) is 3.70. The van der Waals surface area contributed by atoms with Crippen LogP contribution in [0.5, 0.6) is 0 Å². The van der Waals surface area contributed by atoms with Gasteiger partial charge < -0.3 is 5.11 Å². The van der Waals surface area contributed by atoms with Crippen LogP contribution < -0.4 is 0 Å². The zero-order valence-electron chi connectivity index (χ0n) is 15.9. The molecule has 6 atom stereocenters. The van der Waals surface area contributed by atoms with E-state index in [4.69, 9.17) is 0 Å². The van der Waals surface area contributed by atoms with Crippen molar-refractivity contribution in [2.45, 2.75) is 78.2 Å². The highest BCUT2D eigenvalue weighted by Crippen LogP contribution is 2.65. The Morgan fingerprint density at radius 3 is 2.71 bits per heavy atom. The van der Waals surface area contributed by atoms with E-state index in [-0.39, 0.29) is 5.41 Å². The van der Waals surface area contributed by atoms with Gasteiger partial charge in [0.25, 0.3) is 0 Å². The second kappa shape index (κ2) is 5.34. The zero-order chi connectivity index (χ0) is 17.2. The first-order valence-corrected chi connectivity index (χ1v) is 10.1. The fourth-order valence-corrected chi connectivity index (χ4v) is 6.87. The minimum absolute atomic E-state index is 0.185. The van der Waals surface area contributed by atoms with E-state index < -0.39 is 5.60 Å². The summed E-state index contributed by atoms with van der Waals surface area (Å²) in [5, 5.41) is 10.8. The average molecular weight is 327 g/mol. The molecule has 4 aliphatic carbocycles. The van der Waals surface area contributed by atoms with Gasteiger partial charge in [-0.1, -0.05) is 56.2 Å². The third-order valence-corrected chi connectivity index (χ3v) is 8.58. The number of allylic oxidation sites excluding steroid dienone is 4. The molecule has 4 rings (SSSR count). The quantitative estimate of drug-likeness (QED) is 0.603. The van der Waals surface area contributed by atoms with Crippen molar-refractivity contribution in [3.05, 3.63) is 35.5 Å². The Bertz CT molecular complexity index is 626. The van der Waals surface area contributed by atoms with E-state index in [9.17, 15) is 5.11 Å². The molecule has 0 saturated heterocycles. The summed E-state index contributed by atoms with van der Waals surface area (Å²) >= 11 is 0. The van der Waals surface area contributed by atoms with Crippen LogP contribution in [0.1, 0.15) is 72.6 Å². The predicted octanol–water partition coefficient (Wildman–Crippen LogP) is 5.81. The molecule has 0 bridgehead atoms. The Balaban J connectivity index is 1.70. The molecule has 1 N–H and O–H groups in total. The summed E-state index contributed by atoms with van der Waals surface area (Å²) in [6.45, 7) is 9.34. The van der Waals surface area contributed by atoms with Crippen LogP contribution in [0.3, 0.4) is 0 Å². The van der Waals surface area contributed by atoms with Gasteiger partial charge in [-0.25, -0.2) is 0 Å². The van der Waals surface area contributed by atoms with Crippen LogP contribution in [0.2, 0.25) is 0 Å². The van der Waals surface area contributed by atoms with Crippen molar-refractivity contribution in [1.82, 2.24) is 0 Å². The van der Waals surface area contributed by atoms with Gasteiger partial charge in [0.1, 0.15) is 0 Å². The lowest BCUT2D eigenvalue weighted by molar-refractivity contribution is -0.00118. The monoisotopic (exact) mass is 326 g/mol. The van der Waals surface area contributed by atoms with E-state index in [0.29, 0.717) is 5.41 Å². The van der Waals surface area contributed by atoms with Gasteiger partial charge >= 0.3 is 0 Å². The van der Waals surface area contributed by atoms with Gasteiger partial charge in [-0.2, -0.15) is 0 Å². The molecular formula is C23H34O. The number of rotatable bonds is 1. The summed E-state index contributed by atoms with van der Waals surface area (Å²) in [4.78, 5) is 0. The minimum Gasteiger partial charge on any atom is -0.385 e. The van der Waals surface area contributed by atoms with Gasteiger partial charge in [0.05, 0.1) is 5.60 Å². The maximum Gasteiger partial charge on any atom is 0.0862 e. The summed E-state index contributed by atoms with van der Waals surface area (Å²) in [5.74, 6) is 2.45. The third kappa shape index (κ3) is 2.09. The molecule has 2 saturated carbocycles. The van der Waals surface area contributed by atoms with Crippen LogP contribution >= 0.6 is 0 Å². The molecule has 0 aromatic rings. The van der Waals surface area contributed by atoms with Crippen LogP contribution in [-0.2, 0) is 0 Å². The first-order valence-electron chi connectivity index (χ1n) is 10.1. The molecule has 0 radical (unpaired) electrons. The van der Waals surface area contributed by atoms with E-state index >= 15 is 0 Å². The van der Waals surface area contributed by atoms with Crippen LogP contribution in [0, 0.1) is 28.6 Å². The van der Waals surface area contributed by atoms with Gasteiger partial charge in [0, 0.05) is 11.8 Å². The predicted molar refractivity (Wildman–Crippen MR) is 101 cm³/mol. The SMILES string of the molecule is C/C=C1/CC[C@H]2[C@@H]3CC=C4C[C@](O)(CC)C=C[C@]4(C)[C@H]3CC[C@]12C. The van der Waals surface area contributed by atoms with Gasteiger partial charge in [-0.15, -0.1) is 0 Å². The Morgan fingerprint density at radius 1 is 1.21 bits per heavy atom. The maximum atomic E-state index is 10.8. The van der Waals surface area contributed by atoms with E-state index in [1.165, 1.54) is 37.7 Å². The van der Waals surface area contributed by atoms with Crippen molar-refractivity contribution in [2.24, 2.45) is 28.6 Å². The second-order valence-electron chi connectivity index (χ2n) is 9.40. The fourth-order valence-electron chi connectivity index (χ4n) is 6.87. The molecule has 0 heterocycles. The molecule has 1 heteroatoms. The summed E-state index contributed by atoms with van der Waals surface area (Å²) in [6, 6.07) is 0. The maximum absolute atomic E-state index is 10.8. The Labute approximate surface area is 147 Å². The first kappa shape index (κ1) is 16.6. The van der Waals surface area contributed by atoms with Crippen molar-refractivity contribution in [3.8, 4) is 0 Å². The summed E-state index contributed by atoms with van der Waals surface area (Å²) in [5.41, 5.74) is 3.28. The summed E-state index contributed by atoms with van der Waals surface area (Å²) in [6.07, 6.45) is 17.8. The number of aliphatic hydroxyl groups is 1. The van der Waals surface area contributed by atoms with Crippen molar-refractivity contribution in [1.29, 1.82) is 0 Å². The van der Waals surface area contributed by atoms with Crippen molar-refractivity contribution in [2.75, 3.05) is 0 Å². The van der Waals surface area contributed by atoms with E-state index in [0.717, 1.165) is 30.6 Å². The van der Waals surface area contributed by atoms with Crippen LogP contribution in [-0.4, -0.2) is 10.7 Å². The number of hydrogen-bond acceptors (Lipinski definition) is 1. The largest absolute Gasteiger partial charge is 0.385 e. The van der Waals surface area contributed by atoms with Gasteiger partial charge in [-0.3, -0.25) is 0 Å². The van der Waals surface area contributed by atoms with E-state index in [1.807, 2.05) is 0 Å². The smallest absolute Gasteiger partial charge is 0.0862 e. The Morgan fingerprint density at radius 2 is 2.00 bits per heavy atom. The molecule has 0 aromatic carbocycles. The van der Waals surface area contributed by atoms with Crippen LogP contribution in [0.15, 0.2) is 35.5 Å². The second-order valence-corrected chi connectivity index (χ2v) is 9.40. The van der Waals surface area contributed by atoms with Crippen molar-refractivity contribution >= 4 is 0 Å². The molecule has 0 unspecified atom stereocenters. The standard InChI is InChI=1S/C23H34O/c1-5-16-8-10-19-18-9-7-17-15-23(24,6-2)14-13-22(17,4)20(18)11-12-21(16,19)3/h5,7,13-14,18-20,24H,6,8-12,15H2,1-4H3/b16-5-/t18-,19-,20-,21+,22-,23-/m0/s1. The molecule has 132 valence electrons. The number of fused-ring (bicyclic) bond motifs is 5. The molecular weight excluding hydrogens is 292 g/mol. The lowest BCUT2D eigenvalue weighted by Gasteiger charge is -2.56. The van der Waals surface area contributed by atoms with Gasteiger partial charge in [0.15, 0.2) is 0 Å². The van der Waals surface area contributed by atoms with E-state index in [2.05, 4.69) is 52.0 Å². The van der Waals surface area contributed by atoms with Crippen LogP contribution in [0.4, 0.5) is 0 Å². The summed E-state index contributed by atoms with van der Waals surface area (Å²) in [7, 11) is 0. The highest BCUT2D eigenvalue weighted by atomic mass is 16.3. The number of hydrogen-bond donors (Lipinski definition) is 1. The highest BCUT2D eigenvalue weighted by Gasteiger charge is 2.56. The van der Waals surface area contributed by atoms with Crippen molar-refractivity contribution in [3.63, 3.8) is 0 Å². The molecule has 1 nitrogen and oxygen atoms in total. The Hall–Kier alpha value is -0.820. The lowest BCUT2D eigenvalue weighted by atomic mass is 9.48. The zero-order valence-corrected chi connectivity index (χ0v) is 15.9. The third-order valence-electron chi connectivity index (χ3n) is 8.58. The van der Waals surface area contributed by atoms with Crippen molar-refractivity contribution < 1.29 is 5.11 Å². The van der Waals surface area contributed by atoms with Crippen LogP contribution in [0.25, 0.3) is 0 Å². The molecule has 24 heavy (non-hydrogen) atoms. The highest BCUT2D eigenvalue weighted by molar-refractivity contribution is 5.36. The fraction of sp³-hybridized carbons (Fsp3) is 0.739. The molecule has 2 fully saturated rings. The summed E-state index contributed by atoms with van der Waals surface area (Å²) < 4.78 is 0. The molecule has 0 amide bonds. The topological polar surface area (TPSA) is 20.2 Å². The van der Waals surface area contributed by atoms with E-state index in [1.54, 1.807) is 5.57 Å². The molecule has 0 aromatic heterocycles. The molecule has 0 spiro atoms. The van der Waals surface area contributed by atoms with Gasteiger partial charge in [-0.05, 0) is 68.6 Å². The van der Waals surface area contributed by atoms with Gasteiger partial charge in [0.2, 0.25) is 0 Å². The normalized spacial score (nSPS) is 51.8. The molecule has 4 aliphatic rings. The average Bonchev–Trinajstić information content (AvgIpc) is 2.92. The molecule has 0 aliphatic heterocycles.